The number of anilines is 1. The largest absolute Gasteiger partial charge is 0.432 e. The molecule has 4 heteroatoms. The summed E-state index contributed by atoms with van der Waals surface area (Å²) in [7, 11) is 0. The maximum atomic E-state index is 5.51. The number of rotatable bonds is 6. The molecule has 0 unspecified atom stereocenters. The molecule has 4 nitrogen and oxygen atoms in total. The molecule has 1 heterocycles. The van der Waals surface area contributed by atoms with Gasteiger partial charge in [-0.2, -0.15) is 4.98 Å². The van der Waals surface area contributed by atoms with Crippen LogP contribution in [-0.4, -0.2) is 23.6 Å². The second-order valence-electron chi connectivity index (χ2n) is 5.30. The predicted molar refractivity (Wildman–Crippen MR) is 71.3 cm³/mol. The zero-order valence-corrected chi connectivity index (χ0v) is 11.7. The van der Waals surface area contributed by atoms with Gasteiger partial charge in [0.15, 0.2) is 0 Å². The third-order valence-electron chi connectivity index (χ3n) is 2.49. The predicted octanol–water partition coefficient (Wildman–Crippen LogP) is 2.80. The van der Waals surface area contributed by atoms with Crippen LogP contribution in [0.5, 0.6) is 0 Å². The van der Waals surface area contributed by atoms with E-state index in [1.165, 1.54) is 0 Å². The first kappa shape index (κ1) is 14.0. The maximum absolute atomic E-state index is 5.51. The molecule has 0 spiro atoms. The summed E-state index contributed by atoms with van der Waals surface area (Å²) in [6, 6.07) is 0.736. The van der Waals surface area contributed by atoms with Crippen molar-refractivity contribution in [1.29, 1.82) is 0 Å². The standard InChI is InChI=1S/C13H25N3O/c1-6-8-16(7-2)12-15-11(10-17-12)9-14-13(3,4)5/h10,14H,6-9H2,1-5H3. The highest BCUT2D eigenvalue weighted by atomic mass is 16.4. The summed E-state index contributed by atoms with van der Waals surface area (Å²) in [6.07, 6.45) is 2.85. The van der Waals surface area contributed by atoms with E-state index in [0.29, 0.717) is 0 Å². The minimum absolute atomic E-state index is 0.104. The fourth-order valence-electron chi connectivity index (χ4n) is 1.54. The first-order valence-electron chi connectivity index (χ1n) is 6.40. The number of nitrogens with zero attached hydrogens (tertiary/aromatic N) is 2. The first-order chi connectivity index (χ1) is 7.96. The quantitative estimate of drug-likeness (QED) is 0.829. The molecular weight excluding hydrogens is 214 g/mol. The van der Waals surface area contributed by atoms with Gasteiger partial charge in [0.1, 0.15) is 6.26 Å². The molecule has 0 amide bonds. The van der Waals surface area contributed by atoms with E-state index in [4.69, 9.17) is 4.42 Å². The Labute approximate surface area is 104 Å². The Balaban J connectivity index is 2.58. The molecular formula is C13H25N3O. The summed E-state index contributed by atoms with van der Waals surface area (Å²) < 4.78 is 5.51. The lowest BCUT2D eigenvalue weighted by Gasteiger charge is -2.19. The highest BCUT2D eigenvalue weighted by molar-refractivity contribution is 5.26. The second-order valence-corrected chi connectivity index (χ2v) is 5.30. The average Bonchev–Trinajstić information content (AvgIpc) is 2.70. The van der Waals surface area contributed by atoms with Gasteiger partial charge in [-0.15, -0.1) is 0 Å². The Morgan fingerprint density at radius 1 is 1.35 bits per heavy atom. The molecule has 0 saturated carbocycles. The van der Waals surface area contributed by atoms with Crippen LogP contribution in [0.3, 0.4) is 0 Å². The normalized spacial score (nSPS) is 11.8. The zero-order valence-electron chi connectivity index (χ0n) is 11.7. The van der Waals surface area contributed by atoms with Crippen LogP contribution in [0.4, 0.5) is 6.01 Å². The zero-order chi connectivity index (χ0) is 12.9. The summed E-state index contributed by atoms with van der Waals surface area (Å²) in [5, 5.41) is 3.40. The molecule has 0 aliphatic heterocycles. The molecule has 1 aromatic rings. The number of hydrogen-bond donors (Lipinski definition) is 1. The van der Waals surface area contributed by atoms with Crippen LogP contribution in [0.15, 0.2) is 10.7 Å². The van der Waals surface area contributed by atoms with E-state index in [0.717, 1.165) is 37.8 Å². The fourth-order valence-corrected chi connectivity index (χ4v) is 1.54. The summed E-state index contributed by atoms with van der Waals surface area (Å²) in [5.74, 6) is 0. The summed E-state index contributed by atoms with van der Waals surface area (Å²) in [5.41, 5.74) is 1.07. The highest BCUT2D eigenvalue weighted by Gasteiger charge is 2.13. The number of oxazole rings is 1. The van der Waals surface area contributed by atoms with Crippen LogP contribution < -0.4 is 10.2 Å². The van der Waals surface area contributed by atoms with Crippen molar-refractivity contribution >= 4 is 6.01 Å². The van der Waals surface area contributed by atoms with Gasteiger partial charge in [-0.3, -0.25) is 0 Å². The first-order valence-corrected chi connectivity index (χ1v) is 6.40. The highest BCUT2D eigenvalue weighted by Crippen LogP contribution is 2.14. The van der Waals surface area contributed by atoms with Crippen molar-refractivity contribution in [2.24, 2.45) is 0 Å². The van der Waals surface area contributed by atoms with Gasteiger partial charge in [-0.1, -0.05) is 6.92 Å². The Morgan fingerprint density at radius 3 is 2.59 bits per heavy atom. The van der Waals surface area contributed by atoms with Crippen LogP contribution in [-0.2, 0) is 6.54 Å². The third kappa shape index (κ3) is 4.77. The molecule has 17 heavy (non-hydrogen) atoms. The van der Waals surface area contributed by atoms with Gasteiger partial charge >= 0.3 is 0 Å². The van der Waals surface area contributed by atoms with Gasteiger partial charge < -0.3 is 14.6 Å². The van der Waals surface area contributed by atoms with Crippen molar-refractivity contribution in [3.8, 4) is 0 Å². The molecule has 0 aromatic carbocycles. The Morgan fingerprint density at radius 2 is 2.06 bits per heavy atom. The maximum Gasteiger partial charge on any atom is 0.297 e. The number of aromatic nitrogens is 1. The minimum Gasteiger partial charge on any atom is -0.432 e. The molecule has 0 atom stereocenters. The Hall–Kier alpha value is -1.03. The van der Waals surface area contributed by atoms with Crippen LogP contribution in [0.1, 0.15) is 46.7 Å². The minimum atomic E-state index is 0.104. The molecule has 1 N–H and O–H groups in total. The van der Waals surface area contributed by atoms with Crippen molar-refractivity contribution in [1.82, 2.24) is 10.3 Å². The number of nitrogens with one attached hydrogen (secondary N) is 1. The Kier molecular flexibility index (Phi) is 5.00. The van der Waals surface area contributed by atoms with E-state index in [2.05, 4.69) is 49.8 Å². The molecule has 0 fully saturated rings. The lowest BCUT2D eigenvalue weighted by molar-refractivity contribution is 0.421. The van der Waals surface area contributed by atoms with Crippen LogP contribution in [0.25, 0.3) is 0 Å². The van der Waals surface area contributed by atoms with E-state index < -0.39 is 0 Å². The van der Waals surface area contributed by atoms with Gasteiger partial charge in [0.05, 0.1) is 5.69 Å². The second kappa shape index (κ2) is 6.05. The van der Waals surface area contributed by atoms with Crippen LogP contribution in [0.2, 0.25) is 0 Å². The van der Waals surface area contributed by atoms with Crippen molar-refractivity contribution in [2.75, 3.05) is 18.0 Å². The topological polar surface area (TPSA) is 41.3 Å². The molecule has 0 aliphatic carbocycles. The third-order valence-corrected chi connectivity index (χ3v) is 2.49. The van der Waals surface area contributed by atoms with Crippen LogP contribution >= 0.6 is 0 Å². The van der Waals surface area contributed by atoms with Crippen molar-refractivity contribution in [3.63, 3.8) is 0 Å². The average molecular weight is 239 g/mol. The Bertz CT molecular complexity index is 328. The summed E-state index contributed by atoms with van der Waals surface area (Å²) in [4.78, 5) is 6.65. The van der Waals surface area contributed by atoms with Gasteiger partial charge in [-0.25, -0.2) is 0 Å². The SMILES string of the molecule is CCCN(CC)c1nc(CNC(C)(C)C)co1. The van der Waals surface area contributed by atoms with Gasteiger partial charge in [0, 0.05) is 25.2 Å². The molecule has 0 saturated heterocycles. The molecule has 0 radical (unpaired) electrons. The summed E-state index contributed by atoms with van der Waals surface area (Å²) in [6.45, 7) is 13.4. The molecule has 0 aliphatic rings. The van der Waals surface area contributed by atoms with E-state index in [1.54, 1.807) is 6.26 Å². The smallest absolute Gasteiger partial charge is 0.297 e. The van der Waals surface area contributed by atoms with Crippen molar-refractivity contribution in [3.05, 3.63) is 12.0 Å². The number of hydrogen-bond acceptors (Lipinski definition) is 4. The van der Waals surface area contributed by atoms with Gasteiger partial charge in [-0.05, 0) is 34.1 Å². The molecule has 98 valence electrons. The van der Waals surface area contributed by atoms with Gasteiger partial charge in [0.25, 0.3) is 6.01 Å². The van der Waals surface area contributed by atoms with E-state index >= 15 is 0 Å². The lowest BCUT2D eigenvalue weighted by atomic mass is 10.1. The van der Waals surface area contributed by atoms with E-state index in [-0.39, 0.29) is 5.54 Å². The van der Waals surface area contributed by atoms with Crippen molar-refractivity contribution < 1.29 is 4.42 Å². The monoisotopic (exact) mass is 239 g/mol. The fraction of sp³-hybridized carbons (Fsp3) is 0.769. The lowest BCUT2D eigenvalue weighted by Crippen LogP contribution is -2.35. The van der Waals surface area contributed by atoms with E-state index in [9.17, 15) is 0 Å². The molecule has 1 aromatic heterocycles. The summed E-state index contributed by atoms with van der Waals surface area (Å²) >= 11 is 0. The van der Waals surface area contributed by atoms with Crippen molar-refractivity contribution in [2.45, 2.75) is 53.1 Å². The van der Waals surface area contributed by atoms with E-state index in [1.807, 2.05) is 0 Å². The van der Waals surface area contributed by atoms with Crippen LogP contribution in [0, 0.1) is 0 Å². The molecule has 0 bridgehead atoms. The molecule has 1 rings (SSSR count). The van der Waals surface area contributed by atoms with Gasteiger partial charge in [0.2, 0.25) is 0 Å².